The fourth-order valence-corrected chi connectivity index (χ4v) is 2.38. The smallest absolute Gasteiger partial charge is 0.398 e. The van der Waals surface area contributed by atoms with E-state index in [1.54, 1.807) is 30.3 Å². The predicted octanol–water partition coefficient (Wildman–Crippen LogP) is 7.55. The summed E-state index contributed by atoms with van der Waals surface area (Å²) in [5.41, 5.74) is 6.81. The van der Waals surface area contributed by atoms with Gasteiger partial charge in [-0.05, 0) is 78.1 Å². The highest BCUT2D eigenvalue weighted by molar-refractivity contribution is 9.11. The minimum absolute atomic E-state index is 0.215. The van der Waals surface area contributed by atoms with E-state index in [-0.39, 0.29) is 5.82 Å². The first kappa shape index (κ1) is 21.3. The topological polar surface area (TPSA) is 54.2 Å². The Bertz CT molecular complexity index is 765. The molecule has 0 unspecified atom stereocenters. The van der Waals surface area contributed by atoms with Crippen LogP contribution in [0.1, 0.15) is 0 Å². The number of nitrogens with two attached hydrogens (primary N) is 1. The molecule has 0 atom stereocenters. The number of nitrogen functional groups attached to an aromatic ring is 1. The number of halogens is 4. The second kappa shape index (κ2) is 11.7. The van der Waals surface area contributed by atoms with Crippen LogP contribution in [0.15, 0.2) is 86.2 Å². The van der Waals surface area contributed by atoms with Crippen LogP contribution in [0.3, 0.4) is 0 Å². The van der Waals surface area contributed by atoms with E-state index in [1.165, 1.54) is 6.07 Å². The number of para-hydroxylation sites is 1. The Morgan fingerprint density at radius 2 is 1.20 bits per heavy atom. The van der Waals surface area contributed by atoms with Gasteiger partial charge in [0, 0.05) is 16.2 Å². The van der Waals surface area contributed by atoms with Crippen LogP contribution in [0.25, 0.3) is 4.98 Å². The molecule has 0 saturated carbocycles. The highest BCUT2D eigenvalue weighted by atomic mass is 79.9. The van der Waals surface area contributed by atoms with E-state index in [9.17, 15) is 4.39 Å². The van der Waals surface area contributed by atoms with Crippen LogP contribution in [0.2, 0.25) is 0 Å². The first-order valence-corrected chi connectivity index (χ1v) is 9.33. The molecular weight excluding hydrogens is 517 g/mol. The maximum absolute atomic E-state index is 12.3. The van der Waals surface area contributed by atoms with Gasteiger partial charge in [-0.25, -0.2) is 4.39 Å². The fourth-order valence-electron chi connectivity index (χ4n) is 1.45. The van der Waals surface area contributed by atoms with Crippen molar-refractivity contribution >= 4 is 59.2 Å². The molecule has 0 radical (unpaired) electrons. The van der Waals surface area contributed by atoms with Crippen molar-refractivity contribution in [3.63, 3.8) is 0 Å². The van der Waals surface area contributed by atoms with Gasteiger partial charge in [-0.3, -0.25) is 0 Å². The van der Waals surface area contributed by atoms with Gasteiger partial charge in [0.05, 0.1) is 4.47 Å². The van der Waals surface area contributed by atoms with Gasteiger partial charge < -0.3 is 5.73 Å². The molecule has 0 heterocycles. The number of nitrogens with zero attached hydrogens (tertiary/aromatic N) is 2. The Hall–Kier alpha value is -1.75. The maximum atomic E-state index is 12.3. The fraction of sp³-hybridized carbons (Fsp3) is 0. The summed E-state index contributed by atoms with van der Waals surface area (Å²) in [6, 6.07) is 21.3. The molecular formula is C18H14Br3FN3+. The minimum atomic E-state index is -0.215. The highest BCUT2D eigenvalue weighted by Gasteiger charge is 2.06. The van der Waals surface area contributed by atoms with Gasteiger partial charge in [0.25, 0.3) is 0 Å². The zero-order chi connectivity index (χ0) is 18.7. The number of hydrogen-bond acceptors (Lipinski definition) is 2. The van der Waals surface area contributed by atoms with Crippen molar-refractivity contribution in [3.8, 4) is 0 Å². The summed E-state index contributed by atoms with van der Waals surface area (Å²) >= 11 is 9.49. The number of diazo groups is 1. The molecule has 0 saturated heterocycles. The molecule has 2 N–H and O–H groups in total. The first-order chi connectivity index (χ1) is 12.0. The van der Waals surface area contributed by atoms with Crippen LogP contribution in [-0.2, 0) is 0 Å². The van der Waals surface area contributed by atoms with E-state index in [0.717, 1.165) is 14.6 Å². The molecule has 7 heteroatoms. The van der Waals surface area contributed by atoms with Crippen molar-refractivity contribution in [1.29, 1.82) is 5.39 Å². The number of anilines is 1. The quantitative estimate of drug-likeness (QED) is 0.241. The van der Waals surface area contributed by atoms with Gasteiger partial charge in [0.2, 0.25) is 5.39 Å². The van der Waals surface area contributed by atoms with Gasteiger partial charge in [-0.15, -0.1) is 0 Å². The Morgan fingerprint density at radius 1 is 0.720 bits per heavy atom. The Balaban J connectivity index is 0.000000188. The summed E-state index contributed by atoms with van der Waals surface area (Å²) in [6.45, 7) is 0. The lowest BCUT2D eigenvalue weighted by molar-refractivity contribution is 0.621. The molecule has 3 nitrogen and oxygen atoms in total. The normalized spacial score (nSPS) is 8.92. The van der Waals surface area contributed by atoms with Gasteiger partial charge in [-0.2, -0.15) is 0 Å². The lowest BCUT2D eigenvalue weighted by Gasteiger charge is -1.91. The van der Waals surface area contributed by atoms with Gasteiger partial charge >= 0.3 is 5.69 Å². The van der Waals surface area contributed by atoms with E-state index in [2.05, 4.69) is 52.8 Å². The molecule has 0 amide bonds. The Labute approximate surface area is 171 Å². The van der Waals surface area contributed by atoms with Crippen molar-refractivity contribution in [2.24, 2.45) is 0 Å². The summed E-state index contributed by atoms with van der Waals surface area (Å²) < 4.78 is 14.5. The van der Waals surface area contributed by atoms with Crippen molar-refractivity contribution in [2.75, 3.05) is 5.73 Å². The maximum Gasteiger partial charge on any atom is 0.399 e. The summed E-state index contributed by atoms with van der Waals surface area (Å²) in [6.07, 6.45) is 0. The van der Waals surface area contributed by atoms with Crippen molar-refractivity contribution in [1.82, 2.24) is 0 Å². The molecule has 0 aliphatic carbocycles. The average molecular weight is 531 g/mol. The number of hydrogen-bond donors (Lipinski definition) is 1. The average Bonchev–Trinajstić information content (AvgIpc) is 2.62. The van der Waals surface area contributed by atoms with Gasteiger partial charge in [0.15, 0.2) is 4.98 Å². The van der Waals surface area contributed by atoms with Crippen molar-refractivity contribution in [2.45, 2.75) is 0 Å². The minimum Gasteiger partial charge on any atom is -0.398 e. The molecule has 3 aromatic rings. The summed E-state index contributed by atoms with van der Waals surface area (Å²) in [4.78, 5) is 3.02. The molecule has 3 rings (SSSR count). The van der Waals surface area contributed by atoms with E-state index in [0.29, 0.717) is 10.2 Å². The van der Waals surface area contributed by atoms with Gasteiger partial charge in [-0.1, -0.05) is 36.4 Å². The summed E-state index contributed by atoms with van der Waals surface area (Å²) in [5.74, 6) is -0.215. The Kier molecular flexibility index (Phi) is 10.0. The van der Waals surface area contributed by atoms with Crippen LogP contribution in [0, 0.1) is 11.2 Å². The Morgan fingerprint density at radius 3 is 1.52 bits per heavy atom. The van der Waals surface area contributed by atoms with Crippen LogP contribution < -0.4 is 5.73 Å². The third-order valence-electron chi connectivity index (χ3n) is 2.69. The van der Waals surface area contributed by atoms with E-state index >= 15 is 0 Å². The van der Waals surface area contributed by atoms with E-state index in [1.807, 2.05) is 36.4 Å². The van der Waals surface area contributed by atoms with E-state index in [4.69, 9.17) is 11.1 Å². The second-order valence-corrected chi connectivity index (χ2v) is 7.05. The van der Waals surface area contributed by atoms with Crippen LogP contribution in [-0.4, -0.2) is 0 Å². The van der Waals surface area contributed by atoms with Crippen molar-refractivity contribution in [3.05, 3.63) is 97.0 Å². The molecule has 0 spiro atoms. The molecule has 25 heavy (non-hydrogen) atoms. The monoisotopic (exact) mass is 528 g/mol. The molecule has 0 bridgehead atoms. The van der Waals surface area contributed by atoms with Crippen LogP contribution >= 0.6 is 47.8 Å². The molecule has 0 aromatic heterocycles. The third-order valence-corrected chi connectivity index (χ3v) is 4.73. The number of benzene rings is 3. The molecule has 0 fully saturated rings. The molecule has 0 aliphatic rings. The molecule has 0 aliphatic heterocycles. The lowest BCUT2D eigenvalue weighted by atomic mass is 10.3. The summed E-state index contributed by atoms with van der Waals surface area (Å²) in [5, 5.41) is 8.31. The van der Waals surface area contributed by atoms with Crippen molar-refractivity contribution < 1.29 is 4.39 Å². The third kappa shape index (κ3) is 8.25. The second-order valence-electron chi connectivity index (χ2n) is 4.49. The largest absolute Gasteiger partial charge is 0.399 e. The van der Waals surface area contributed by atoms with Crippen LogP contribution in [0.5, 0.6) is 0 Å². The van der Waals surface area contributed by atoms with E-state index < -0.39 is 0 Å². The first-order valence-electron chi connectivity index (χ1n) is 6.95. The zero-order valence-electron chi connectivity index (χ0n) is 12.9. The SMILES string of the molecule is Fc1ccccc1Br.N#[N+]c1ccccc1Br.Nc1ccccc1Br. The predicted molar refractivity (Wildman–Crippen MR) is 112 cm³/mol. The lowest BCUT2D eigenvalue weighted by Crippen LogP contribution is -1.82. The van der Waals surface area contributed by atoms with Crippen LogP contribution in [0.4, 0.5) is 15.8 Å². The van der Waals surface area contributed by atoms with Gasteiger partial charge in [0.1, 0.15) is 10.3 Å². The highest BCUT2D eigenvalue weighted by Crippen LogP contribution is 2.23. The molecule has 3 aromatic carbocycles. The molecule has 128 valence electrons. The zero-order valence-corrected chi connectivity index (χ0v) is 17.7. The summed E-state index contributed by atoms with van der Waals surface area (Å²) in [7, 11) is 0. The standard InChI is InChI=1S/C6H4BrF.C6H4BrN2.C6H6BrN/c7-5-3-1-2-4-6(5)8;7-5-3-1-2-4-6(5)9-8;7-5-3-1-2-4-6(5)8/h1-4H;1-4H;1-4H,8H2/q;+1;. The number of rotatable bonds is 0.